The highest BCUT2D eigenvalue weighted by Crippen LogP contribution is 2.18. The van der Waals surface area contributed by atoms with E-state index in [1.54, 1.807) is 0 Å². The number of aryl methyl sites for hydroxylation is 4. The highest BCUT2D eigenvalue weighted by molar-refractivity contribution is 5.51. The first-order valence-electron chi connectivity index (χ1n) is 5.88. The van der Waals surface area contributed by atoms with E-state index in [4.69, 9.17) is 0 Å². The van der Waals surface area contributed by atoms with Gasteiger partial charge in [0.1, 0.15) is 0 Å². The van der Waals surface area contributed by atoms with Gasteiger partial charge in [-0.15, -0.1) is 0 Å². The van der Waals surface area contributed by atoms with Crippen molar-refractivity contribution >= 4 is 5.69 Å². The molecule has 0 aromatic carbocycles. The van der Waals surface area contributed by atoms with Crippen LogP contribution in [0.1, 0.15) is 29.6 Å². The van der Waals surface area contributed by atoms with Crippen LogP contribution in [-0.2, 0) is 20.0 Å². The van der Waals surface area contributed by atoms with Gasteiger partial charge in [0.15, 0.2) is 0 Å². The molecule has 0 spiro atoms. The topological polar surface area (TPSA) is 58.5 Å². The van der Waals surface area contributed by atoms with Gasteiger partial charge in [-0.2, -0.15) is 10.2 Å². The van der Waals surface area contributed by atoms with E-state index >= 15 is 0 Å². The average molecular weight is 233 g/mol. The van der Waals surface area contributed by atoms with Crippen molar-refractivity contribution in [1.29, 1.82) is 0 Å². The van der Waals surface area contributed by atoms with Crippen LogP contribution in [-0.4, -0.2) is 20.0 Å². The smallest absolute Gasteiger partial charge is 0.0825 e. The molecule has 2 N–H and O–H groups in total. The summed E-state index contributed by atoms with van der Waals surface area (Å²) in [6.07, 6.45) is 3.03. The second-order valence-electron chi connectivity index (χ2n) is 4.29. The Kier molecular flexibility index (Phi) is 3.17. The molecule has 0 fully saturated rings. The molecule has 2 rings (SSSR count). The summed E-state index contributed by atoms with van der Waals surface area (Å²) in [5, 5.41) is 15.0. The molecule has 5 nitrogen and oxygen atoms in total. The minimum absolute atomic E-state index is 0.790. The Labute approximate surface area is 101 Å². The van der Waals surface area contributed by atoms with Crippen LogP contribution < -0.4 is 5.32 Å². The zero-order chi connectivity index (χ0) is 12.4. The Balaban J connectivity index is 2.12. The first-order valence-corrected chi connectivity index (χ1v) is 5.88. The summed E-state index contributed by atoms with van der Waals surface area (Å²) in [4.78, 5) is 0. The number of nitrogens with zero attached hydrogens (tertiary/aromatic N) is 3. The molecule has 2 aromatic heterocycles. The Morgan fingerprint density at radius 3 is 2.76 bits per heavy atom. The van der Waals surface area contributed by atoms with Gasteiger partial charge in [0, 0.05) is 25.4 Å². The second kappa shape index (κ2) is 4.61. The van der Waals surface area contributed by atoms with Crippen LogP contribution in [0.5, 0.6) is 0 Å². The molecule has 0 bridgehead atoms. The summed E-state index contributed by atoms with van der Waals surface area (Å²) in [5.41, 5.74) is 5.57. The summed E-state index contributed by atoms with van der Waals surface area (Å²) in [6, 6.07) is 0. The predicted molar refractivity (Wildman–Crippen MR) is 68.0 cm³/mol. The van der Waals surface area contributed by atoms with Gasteiger partial charge < -0.3 is 5.32 Å². The van der Waals surface area contributed by atoms with Crippen LogP contribution in [0.25, 0.3) is 0 Å². The molecular formula is C12H19N5. The normalized spacial score (nSPS) is 10.8. The van der Waals surface area contributed by atoms with E-state index in [0.29, 0.717) is 0 Å². The van der Waals surface area contributed by atoms with Crippen molar-refractivity contribution < 1.29 is 0 Å². The number of aromatic amines is 1. The number of nitrogens with one attached hydrogen (secondary N) is 2. The van der Waals surface area contributed by atoms with Gasteiger partial charge in [0.2, 0.25) is 0 Å². The lowest BCUT2D eigenvalue weighted by atomic mass is 10.2. The Morgan fingerprint density at radius 1 is 1.41 bits per heavy atom. The molecule has 0 amide bonds. The molecule has 0 unspecified atom stereocenters. The van der Waals surface area contributed by atoms with Gasteiger partial charge in [-0.25, -0.2) is 0 Å². The molecular weight excluding hydrogens is 214 g/mol. The molecule has 0 saturated heterocycles. The van der Waals surface area contributed by atoms with E-state index < -0.39 is 0 Å². The van der Waals surface area contributed by atoms with E-state index in [0.717, 1.165) is 35.7 Å². The van der Waals surface area contributed by atoms with Gasteiger partial charge >= 0.3 is 0 Å². The van der Waals surface area contributed by atoms with Crippen molar-refractivity contribution in [2.24, 2.45) is 7.05 Å². The lowest BCUT2D eigenvalue weighted by Gasteiger charge is -2.05. The standard InChI is InChI=1S/C12H19N5/c1-5-11-10(7-17(4)16-11)6-13-12-8(2)14-15-9(12)3/h7,13H,5-6H2,1-4H3,(H,14,15). The molecule has 0 saturated carbocycles. The summed E-state index contributed by atoms with van der Waals surface area (Å²) < 4.78 is 1.87. The van der Waals surface area contributed by atoms with Gasteiger partial charge in [0.25, 0.3) is 0 Å². The van der Waals surface area contributed by atoms with Crippen LogP contribution >= 0.6 is 0 Å². The number of hydrogen-bond donors (Lipinski definition) is 2. The summed E-state index contributed by atoms with van der Waals surface area (Å²) >= 11 is 0. The first kappa shape index (κ1) is 11.7. The SMILES string of the molecule is CCc1nn(C)cc1CNc1c(C)n[nH]c1C. The third-order valence-electron chi connectivity index (χ3n) is 2.91. The zero-order valence-corrected chi connectivity index (χ0v) is 10.8. The van der Waals surface area contributed by atoms with Gasteiger partial charge in [-0.3, -0.25) is 9.78 Å². The van der Waals surface area contributed by atoms with Crippen molar-refractivity contribution in [3.63, 3.8) is 0 Å². The monoisotopic (exact) mass is 233 g/mol. The number of hydrogen-bond acceptors (Lipinski definition) is 3. The number of anilines is 1. The molecule has 2 aromatic rings. The molecule has 0 aliphatic rings. The Hall–Kier alpha value is -1.78. The first-order chi connectivity index (χ1) is 8.11. The van der Waals surface area contributed by atoms with E-state index in [1.165, 1.54) is 5.56 Å². The maximum atomic E-state index is 4.43. The molecule has 17 heavy (non-hydrogen) atoms. The van der Waals surface area contributed by atoms with E-state index in [9.17, 15) is 0 Å². The fraction of sp³-hybridized carbons (Fsp3) is 0.500. The van der Waals surface area contributed by atoms with Crippen molar-refractivity contribution in [2.75, 3.05) is 5.32 Å². The quantitative estimate of drug-likeness (QED) is 0.848. The van der Waals surface area contributed by atoms with Crippen LogP contribution in [0, 0.1) is 13.8 Å². The van der Waals surface area contributed by atoms with Crippen molar-refractivity contribution in [1.82, 2.24) is 20.0 Å². The van der Waals surface area contributed by atoms with Crippen LogP contribution in [0.15, 0.2) is 6.20 Å². The van der Waals surface area contributed by atoms with E-state index in [2.05, 4.69) is 33.7 Å². The third kappa shape index (κ3) is 2.33. The van der Waals surface area contributed by atoms with E-state index in [-0.39, 0.29) is 0 Å². The third-order valence-corrected chi connectivity index (χ3v) is 2.91. The molecule has 0 radical (unpaired) electrons. The lowest BCUT2D eigenvalue weighted by Crippen LogP contribution is -2.02. The van der Waals surface area contributed by atoms with Gasteiger partial charge in [0.05, 0.1) is 22.8 Å². The summed E-state index contributed by atoms with van der Waals surface area (Å²) in [5.74, 6) is 0. The fourth-order valence-corrected chi connectivity index (χ4v) is 2.02. The van der Waals surface area contributed by atoms with E-state index in [1.807, 2.05) is 25.6 Å². The Morgan fingerprint density at radius 2 is 2.18 bits per heavy atom. The van der Waals surface area contributed by atoms with Crippen LogP contribution in [0.2, 0.25) is 0 Å². The number of rotatable bonds is 4. The van der Waals surface area contributed by atoms with Gasteiger partial charge in [-0.05, 0) is 20.3 Å². The van der Waals surface area contributed by atoms with Gasteiger partial charge in [-0.1, -0.05) is 6.92 Å². The summed E-state index contributed by atoms with van der Waals surface area (Å²) in [6.45, 7) is 6.93. The maximum Gasteiger partial charge on any atom is 0.0825 e. The highest BCUT2D eigenvalue weighted by Gasteiger charge is 2.09. The van der Waals surface area contributed by atoms with Crippen molar-refractivity contribution in [3.05, 3.63) is 28.8 Å². The van der Waals surface area contributed by atoms with Crippen LogP contribution in [0.4, 0.5) is 5.69 Å². The molecule has 92 valence electrons. The Bertz CT molecular complexity index is 489. The molecule has 0 aliphatic carbocycles. The largest absolute Gasteiger partial charge is 0.378 e. The second-order valence-corrected chi connectivity index (χ2v) is 4.29. The molecule has 2 heterocycles. The molecule has 0 atom stereocenters. The highest BCUT2D eigenvalue weighted by atomic mass is 15.3. The average Bonchev–Trinajstić information content (AvgIpc) is 2.81. The van der Waals surface area contributed by atoms with Crippen molar-refractivity contribution in [3.8, 4) is 0 Å². The van der Waals surface area contributed by atoms with Crippen LogP contribution in [0.3, 0.4) is 0 Å². The fourth-order valence-electron chi connectivity index (χ4n) is 2.02. The minimum Gasteiger partial charge on any atom is -0.378 e. The predicted octanol–water partition coefficient (Wildman–Crippen LogP) is 1.93. The number of aromatic nitrogens is 4. The summed E-state index contributed by atoms with van der Waals surface area (Å²) in [7, 11) is 1.96. The zero-order valence-electron chi connectivity index (χ0n) is 10.8. The molecule has 0 aliphatic heterocycles. The lowest BCUT2D eigenvalue weighted by molar-refractivity contribution is 0.746. The molecule has 5 heteroatoms. The number of H-pyrrole nitrogens is 1. The minimum atomic E-state index is 0.790. The maximum absolute atomic E-state index is 4.43. The van der Waals surface area contributed by atoms with Crippen molar-refractivity contribution in [2.45, 2.75) is 33.7 Å².